The summed E-state index contributed by atoms with van der Waals surface area (Å²) < 4.78 is 0. The van der Waals surface area contributed by atoms with Crippen molar-refractivity contribution in [1.29, 1.82) is 0 Å². The molecule has 0 aromatic carbocycles. The van der Waals surface area contributed by atoms with Crippen molar-refractivity contribution < 1.29 is 0 Å². The van der Waals surface area contributed by atoms with E-state index in [1.165, 1.54) is 25.7 Å². The van der Waals surface area contributed by atoms with Crippen molar-refractivity contribution in [3.05, 3.63) is 23.3 Å². The Kier molecular flexibility index (Phi) is 1.30. The molecule has 0 aromatic rings. The Morgan fingerprint density at radius 2 is 2.08 bits per heavy atom. The molecule has 0 spiro atoms. The Bertz CT molecular complexity index is 270. The lowest BCUT2D eigenvalue weighted by Gasteiger charge is -2.27. The third-order valence-corrected chi connectivity index (χ3v) is 3.99. The van der Waals surface area contributed by atoms with E-state index in [1.54, 1.807) is 11.1 Å². The normalized spacial score (nSPS) is 43.9. The first kappa shape index (κ1) is 6.94. The standard InChI is InChI=1S/C12H16/c1-8-7-10-6-5-9-3-2-4-11(8)12(9)10/h3,7-8,11-12H,2,4-6H2,1H3. The van der Waals surface area contributed by atoms with Crippen LogP contribution in [0.1, 0.15) is 32.6 Å². The van der Waals surface area contributed by atoms with Gasteiger partial charge in [0, 0.05) is 5.92 Å². The first-order valence-electron chi connectivity index (χ1n) is 5.26. The zero-order valence-electron chi connectivity index (χ0n) is 7.72. The summed E-state index contributed by atoms with van der Waals surface area (Å²) in [4.78, 5) is 0. The van der Waals surface area contributed by atoms with E-state index < -0.39 is 0 Å². The fourth-order valence-electron chi connectivity index (χ4n) is 3.46. The smallest absolute Gasteiger partial charge is 0.00411 e. The summed E-state index contributed by atoms with van der Waals surface area (Å²) in [7, 11) is 0. The summed E-state index contributed by atoms with van der Waals surface area (Å²) in [6.45, 7) is 2.40. The summed E-state index contributed by atoms with van der Waals surface area (Å²) in [5, 5.41) is 0. The number of hydrogen-bond donors (Lipinski definition) is 0. The maximum absolute atomic E-state index is 2.56. The van der Waals surface area contributed by atoms with Crippen molar-refractivity contribution in [3.8, 4) is 0 Å². The molecular weight excluding hydrogens is 144 g/mol. The van der Waals surface area contributed by atoms with Crippen molar-refractivity contribution in [2.45, 2.75) is 32.6 Å². The van der Waals surface area contributed by atoms with Crippen molar-refractivity contribution in [3.63, 3.8) is 0 Å². The van der Waals surface area contributed by atoms with Crippen LogP contribution in [-0.4, -0.2) is 0 Å². The predicted octanol–water partition coefficient (Wildman–Crippen LogP) is 3.31. The molecule has 0 radical (unpaired) electrons. The summed E-state index contributed by atoms with van der Waals surface area (Å²) in [5.41, 5.74) is 3.56. The van der Waals surface area contributed by atoms with Crippen LogP contribution in [0, 0.1) is 17.8 Å². The topological polar surface area (TPSA) is 0 Å². The zero-order chi connectivity index (χ0) is 8.13. The van der Waals surface area contributed by atoms with Gasteiger partial charge >= 0.3 is 0 Å². The van der Waals surface area contributed by atoms with Crippen molar-refractivity contribution in [2.24, 2.45) is 17.8 Å². The van der Waals surface area contributed by atoms with Crippen LogP contribution in [0.15, 0.2) is 23.3 Å². The Hall–Kier alpha value is -0.520. The van der Waals surface area contributed by atoms with Gasteiger partial charge in [0.1, 0.15) is 0 Å². The summed E-state index contributed by atoms with van der Waals surface area (Å²) in [6, 6.07) is 0. The molecule has 0 amide bonds. The molecule has 0 heterocycles. The first-order valence-corrected chi connectivity index (χ1v) is 5.26. The minimum atomic E-state index is 0.869. The molecule has 3 aliphatic rings. The molecule has 0 saturated heterocycles. The van der Waals surface area contributed by atoms with E-state index in [4.69, 9.17) is 0 Å². The highest BCUT2D eigenvalue weighted by molar-refractivity contribution is 5.36. The molecule has 3 rings (SSSR count). The van der Waals surface area contributed by atoms with E-state index >= 15 is 0 Å². The maximum Gasteiger partial charge on any atom is 0.00411 e. The molecule has 0 nitrogen and oxygen atoms in total. The average Bonchev–Trinajstić information content (AvgIpc) is 2.61. The van der Waals surface area contributed by atoms with Crippen LogP contribution in [0.4, 0.5) is 0 Å². The number of hydrogen-bond acceptors (Lipinski definition) is 0. The van der Waals surface area contributed by atoms with Gasteiger partial charge in [0.15, 0.2) is 0 Å². The fraction of sp³-hybridized carbons (Fsp3) is 0.667. The van der Waals surface area contributed by atoms with Crippen LogP contribution in [0.25, 0.3) is 0 Å². The molecule has 3 aliphatic carbocycles. The minimum Gasteiger partial charge on any atom is -0.0847 e. The second-order valence-corrected chi connectivity index (χ2v) is 4.60. The molecule has 0 aliphatic heterocycles. The molecular formula is C12H16. The van der Waals surface area contributed by atoms with Crippen molar-refractivity contribution >= 4 is 0 Å². The number of allylic oxidation sites excluding steroid dienone is 4. The third-order valence-electron chi connectivity index (χ3n) is 3.99. The van der Waals surface area contributed by atoms with Gasteiger partial charge in [-0.1, -0.05) is 30.2 Å². The lowest BCUT2D eigenvalue weighted by atomic mass is 9.78. The van der Waals surface area contributed by atoms with Gasteiger partial charge in [-0.3, -0.25) is 0 Å². The lowest BCUT2D eigenvalue weighted by Crippen LogP contribution is -2.18. The Labute approximate surface area is 74.4 Å². The van der Waals surface area contributed by atoms with E-state index in [0.29, 0.717) is 0 Å². The van der Waals surface area contributed by atoms with Crippen LogP contribution in [0.3, 0.4) is 0 Å². The second-order valence-electron chi connectivity index (χ2n) is 4.60. The SMILES string of the molecule is CC1C=C2CCC3=CCCC1C32. The number of rotatable bonds is 0. The Morgan fingerprint density at radius 3 is 3.00 bits per heavy atom. The minimum absolute atomic E-state index is 0.869. The molecule has 0 aromatic heterocycles. The lowest BCUT2D eigenvalue weighted by molar-refractivity contribution is 0.344. The molecule has 0 bridgehead atoms. The van der Waals surface area contributed by atoms with Gasteiger partial charge in [-0.2, -0.15) is 0 Å². The monoisotopic (exact) mass is 160 g/mol. The van der Waals surface area contributed by atoms with Crippen LogP contribution in [0.5, 0.6) is 0 Å². The highest BCUT2D eigenvalue weighted by Gasteiger charge is 2.41. The quantitative estimate of drug-likeness (QED) is 0.477. The van der Waals surface area contributed by atoms with Gasteiger partial charge in [-0.05, 0) is 37.5 Å². The summed E-state index contributed by atoms with van der Waals surface area (Å²) in [5.74, 6) is 2.77. The van der Waals surface area contributed by atoms with E-state index in [2.05, 4.69) is 19.1 Å². The molecule has 64 valence electrons. The molecule has 3 unspecified atom stereocenters. The molecule has 0 N–H and O–H groups in total. The van der Waals surface area contributed by atoms with E-state index in [-0.39, 0.29) is 0 Å². The maximum atomic E-state index is 2.56. The average molecular weight is 160 g/mol. The van der Waals surface area contributed by atoms with Gasteiger partial charge in [0.05, 0.1) is 0 Å². The largest absolute Gasteiger partial charge is 0.0847 e. The Morgan fingerprint density at radius 1 is 1.25 bits per heavy atom. The van der Waals surface area contributed by atoms with Gasteiger partial charge < -0.3 is 0 Å². The highest BCUT2D eigenvalue weighted by atomic mass is 14.5. The first-order chi connectivity index (χ1) is 5.86. The third kappa shape index (κ3) is 0.734. The molecule has 12 heavy (non-hydrogen) atoms. The zero-order valence-corrected chi connectivity index (χ0v) is 7.72. The summed E-state index contributed by atoms with van der Waals surface area (Å²) >= 11 is 0. The molecule has 1 fully saturated rings. The second kappa shape index (κ2) is 2.25. The Balaban J connectivity index is 2.06. The van der Waals surface area contributed by atoms with Crippen LogP contribution in [0.2, 0.25) is 0 Å². The van der Waals surface area contributed by atoms with Gasteiger partial charge in [-0.25, -0.2) is 0 Å². The molecule has 3 atom stereocenters. The van der Waals surface area contributed by atoms with Crippen LogP contribution < -0.4 is 0 Å². The van der Waals surface area contributed by atoms with Crippen LogP contribution in [-0.2, 0) is 0 Å². The van der Waals surface area contributed by atoms with Gasteiger partial charge in [0.2, 0.25) is 0 Å². The van der Waals surface area contributed by atoms with Gasteiger partial charge in [-0.15, -0.1) is 0 Å². The van der Waals surface area contributed by atoms with E-state index in [9.17, 15) is 0 Å². The van der Waals surface area contributed by atoms with Gasteiger partial charge in [0.25, 0.3) is 0 Å². The van der Waals surface area contributed by atoms with Crippen molar-refractivity contribution in [1.82, 2.24) is 0 Å². The van der Waals surface area contributed by atoms with E-state index in [0.717, 1.165) is 17.8 Å². The fourth-order valence-corrected chi connectivity index (χ4v) is 3.46. The highest BCUT2D eigenvalue weighted by Crippen LogP contribution is 2.52. The van der Waals surface area contributed by atoms with Crippen molar-refractivity contribution in [2.75, 3.05) is 0 Å². The summed E-state index contributed by atoms with van der Waals surface area (Å²) in [6.07, 6.45) is 10.6. The molecule has 1 saturated carbocycles. The predicted molar refractivity (Wildman–Crippen MR) is 50.8 cm³/mol. The van der Waals surface area contributed by atoms with Crippen LogP contribution >= 0.6 is 0 Å². The van der Waals surface area contributed by atoms with E-state index in [1.807, 2.05) is 0 Å². The molecule has 0 heteroatoms.